The number of carbonyl (C=O) groups excluding carboxylic acids is 1. The number of benzene rings is 2. The zero-order valence-electron chi connectivity index (χ0n) is 14.6. The number of aromatic nitrogens is 4. The van der Waals surface area contributed by atoms with Crippen LogP contribution in [0.3, 0.4) is 0 Å². The van der Waals surface area contributed by atoms with Crippen molar-refractivity contribution in [2.75, 3.05) is 7.05 Å². The van der Waals surface area contributed by atoms with E-state index in [9.17, 15) is 4.79 Å². The minimum atomic E-state index is -0.0626. The highest BCUT2D eigenvalue weighted by Crippen LogP contribution is 2.24. The van der Waals surface area contributed by atoms with Crippen molar-refractivity contribution in [1.29, 1.82) is 0 Å². The van der Waals surface area contributed by atoms with Crippen LogP contribution in [0, 0.1) is 0 Å². The molecule has 26 heavy (non-hydrogen) atoms. The summed E-state index contributed by atoms with van der Waals surface area (Å²) in [6.07, 6.45) is 3.25. The van der Waals surface area contributed by atoms with Gasteiger partial charge in [0.15, 0.2) is 0 Å². The highest BCUT2D eigenvalue weighted by molar-refractivity contribution is 5.94. The largest absolute Gasteiger partial charge is 0.357 e. The van der Waals surface area contributed by atoms with E-state index >= 15 is 0 Å². The fraction of sp³-hybridized carbons (Fsp3) is 0.150. The van der Waals surface area contributed by atoms with Crippen molar-refractivity contribution >= 4 is 16.8 Å². The number of nitrogens with zero attached hydrogens (tertiary/aromatic N) is 4. The van der Waals surface area contributed by atoms with E-state index in [2.05, 4.69) is 27.3 Å². The predicted octanol–water partition coefficient (Wildman–Crippen LogP) is 3.58. The first-order chi connectivity index (χ1) is 12.6. The van der Waals surface area contributed by atoms with Crippen molar-refractivity contribution in [3.8, 4) is 5.69 Å². The molecule has 1 N–H and O–H groups in total. The van der Waals surface area contributed by atoms with Crippen LogP contribution in [-0.2, 0) is 0 Å². The Morgan fingerprint density at radius 1 is 1.08 bits per heavy atom. The highest BCUT2D eigenvalue weighted by atomic mass is 16.2. The van der Waals surface area contributed by atoms with E-state index in [0.717, 1.165) is 22.3 Å². The number of aromatic amines is 1. The van der Waals surface area contributed by atoms with Gasteiger partial charge in [0.2, 0.25) is 0 Å². The van der Waals surface area contributed by atoms with Crippen LogP contribution in [0.1, 0.15) is 29.0 Å². The van der Waals surface area contributed by atoms with Crippen molar-refractivity contribution in [2.45, 2.75) is 13.0 Å². The van der Waals surface area contributed by atoms with Crippen molar-refractivity contribution in [3.63, 3.8) is 0 Å². The molecule has 0 saturated carbocycles. The first-order valence-electron chi connectivity index (χ1n) is 8.43. The van der Waals surface area contributed by atoms with Crippen LogP contribution in [-0.4, -0.2) is 37.6 Å². The molecule has 6 nitrogen and oxygen atoms in total. The van der Waals surface area contributed by atoms with Gasteiger partial charge < -0.3 is 9.88 Å². The molecular formula is C20H19N5O. The fourth-order valence-corrected chi connectivity index (χ4v) is 3.02. The van der Waals surface area contributed by atoms with Crippen molar-refractivity contribution in [3.05, 3.63) is 78.5 Å². The Hall–Kier alpha value is -3.41. The van der Waals surface area contributed by atoms with E-state index in [4.69, 9.17) is 0 Å². The third kappa shape index (κ3) is 2.86. The van der Waals surface area contributed by atoms with Gasteiger partial charge in [0.05, 0.1) is 6.04 Å². The molecule has 2 heterocycles. The Kier molecular flexibility index (Phi) is 4.01. The first-order valence-corrected chi connectivity index (χ1v) is 8.43. The molecule has 0 unspecified atom stereocenters. The van der Waals surface area contributed by atoms with Gasteiger partial charge >= 0.3 is 0 Å². The van der Waals surface area contributed by atoms with Gasteiger partial charge in [0.1, 0.15) is 12.7 Å². The van der Waals surface area contributed by atoms with Gasteiger partial charge in [0, 0.05) is 29.5 Å². The molecule has 0 aliphatic carbocycles. The lowest BCUT2D eigenvalue weighted by atomic mass is 10.1. The fourth-order valence-electron chi connectivity index (χ4n) is 3.02. The first kappa shape index (κ1) is 16.1. The standard InChI is InChI=1S/C20H19N5O/c1-14(19-11-16-5-3-4-6-18(16)23-19)24(2)20(26)15-7-9-17(10-8-15)25-12-21-22-13-25/h3-14,23H,1-2H3/t14-/m0/s1. The molecule has 0 bridgehead atoms. The lowest BCUT2D eigenvalue weighted by molar-refractivity contribution is 0.0740. The van der Waals surface area contributed by atoms with Crippen LogP contribution >= 0.6 is 0 Å². The number of hydrogen-bond donors (Lipinski definition) is 1. The Morgan fingerprint density at radius 3 is 2.46 bits per heavy atom. The number of rotatable bonds is 4. The van der Waals surface area contributed by atoms with Crippen LogP contribution in [0.4, 0.5) is 0 Å². The monoisotopic (exact) mass is 345 g/mol. The molecule has 1 amide bonds. The Morgan fingerprint density at radius 2 is 1.77 bits per heavy atom. The van der Waals surface area contributed by atoms with Gasteiger partial charge in [-0.05, 0) is 48.7 Å². The third-order valence-electron chi connectivity index (χ3n) is 4.73. The molecule has 1 atom stereocenters. The summed E-state index contributed by atoms with van der Waals surface area (Å²) in [5, 5.41) is 8.73. The predicted molar refractivity (Wildman–Crippen MR) is 100 cm³/mol. The molecule has 130 valence electrons. The number of H-pyrrole nitrogens is 1. The zero-order valence-corrected chi connectivity index (χ0v) is 14.6. The van der Waals surface area contributed by atoms with Crippen LogP contribution in [0.5, 0.6) is 0 Å². The van der Waals surface area contributed by atoms with E-state index in [-0.39, 0.29) is 11.9 Å². The molecule has 0 fully saturated rings. The minimum Gasteiger partial charge on any atom is -0.357 e. The Labute approximate surface area is 151 Å². The lowest BCUT2D eigenvalue weighted by Crippen LogP contribution is -2.29. The molecule has 4 aromatic rings. The van der Waals surface area contributed by atoms with E-state index < -0.39 is 0 Å². The summed E-state index contributed by atoms with van der Waals surface area (Å²) in [4.78, 5) is 18.0. The Balaban J connectivity index is 1.55. The number of carbonyl (C=O) groups is 1. The summed E-state index contributed by atoms with van der Waals surface area (Å²) < 4.78 is 1.80. The van der Waals surface area contributed by atoms with Crippen LogP contribution < -0.4 is 0 Å². The van der Waals surface area contributed by atoms with Crippen molar-refractivity contribution in [1.82, 2.24) is 24.6 Å². The maximum Gasteiger partial charge on any atom is 0.254 e. The number of para-hydroxylation sites is 1. The zero-order chi connectivity index (χ0) is 18.1. The van der Waals surface area contributed by atoms with E-state index in [1.807, 2.05) is 56.4 Å². The van der Waals surface area contributed by atoms with Gasteiger partial charge in [0.25, 0.3) is 5.91 Å². The molecule has 0 spiro atoms. The van der Waals surface area contributed by atoms with Crippen LogP contribution in [0.25, 0.3) is 16.6 Å². The number of nitrogens with one attached hydrogen (secondary N) is 1. The second-order valence-corrected chi connectivity index (χ2v) is 6.32. The van der Waals surface area contributed by atoms with Crippen LogP contribution in [0.2, 0.25) is 0 Å². The van der Waals surface area contributed by atoms with Gasteiger partial charge in [-0.1, -0.05) is 18.2 Å². The summed E-state index contributed by atoms with van der Waals surface area (Å²) in [6.45, 7) is 2.02. The minimum absolute atomic E-state index is 0.0218. The SMILES string of the molecule is C[C@@H](c1cc2ccccc2[nH]1)N(C)C(=O)c1ccc(-n2cnnc2)cc1. The molecule has 4 rings (SSSR count). The molecule has 0 radical (unpaired) electrons. The molecule has 2 aromatic heterocycles. The average molecular weight is 345 g/mol. The normalized spacial score (nSPS) is 12.2. The second-order valence-electron chi connectivity index (χ2n) is 6.32. The number of fused-ring (bicyclic) bond motifs is 1. The number of hydrogen-bond acceptors (Lipinski definition) is 3. The van der Waals surface area contributed by atoms with Gasteiger partial charge in [-0.15, -0.1) is 10.2 Å². The lowest BCUT2D eigenvalue weighted by Gasteiger charge is -2.24. The summed E-state index contributed by atoms with van der Waals surface area (Å²) in [5.74, 6) is -0.0218. The van der Waals surface area contributed by atoms with Crippen LogP contribution in [0.15, 0.2) is 67.3 Å². The maximum absolute atomic E-state index is 12.9. The topological polar surface area (TPSA) is 66.8 Å². The smallest absolute Gasteiger partial charge is 0.254 e. The molecule has 0 saturated heterocycles. The third-order valence-corrected chi connectivity index (χ3v) is 4.73. The Bertz CT molecular complexity index is 1000. The summed E-state index contributed by atoms with van der Waals surface area (Å²) in [5.41, 5.74) is 3.65. The van der Waals surface area contributed by atoms with Gasteiger partial charge in [-0.3, -0.25) is 9.36 Å². The molecule has 0 aliphatic rings. The van der Waals surface area contributed by atoms with E-state index in [1.165, 1.54) is 0 Å². The van der Waals surface area contributed by atoms with E-state index in [0.29, 0.717) is 5.56 Å². The maximum atomic E-state index is 12.9. The summed E-state index contributed by atoms with van der Waals surface area (Å²) in [6, 6.07) is 17.6. The van der Waals surface area contributed by atoms with E-state index in [1.54, 1.807) is 22.1 Å². The second kappa shape index (κ2) is 6.48. The molecule has 6 heteroatoms. The number of amides is 1. The van der Waals surface area contributed by atoms with Gasteiger partial charge in [-0.25, -0.2) is 0 Å². The molecule has 0 aliphatic heterocycles. The summed E-state index contributed by atoms with van der Waals surface area (Å²) in [7, 11) is 1.83. The van der Waals surface area contributed by atoms with Gasteiger partial charge in [-0.2, -0.15) is 0 Å². The molecular weight excluding hydrogens is 326 g/mol. The van der Waals surface area contributed by atoms with Crippen molar-refractivity contribution in [2.24, 2.45) is 0 Å². The summed E-state index contributed by atoms with van der Waals surface area (Å²) >= 11 is 0. The quantitative estimate of drug-likeness (QED) is 0.615. The molecule has 2 aromatic carbocycles. The van der Waals surface area contributed by atoms with Crippen molar-refractivity contribution < 1.29 is 4.79 Å². The highest BCUT2D eigenvalue weighted by Gasteiger charge is 2.20. The average Bonchev–Trinajstić information content (AvgIpc) is 3.36.